The van der Waals surface area contributed by atoms with E-state index in [9.17, 15) is 22.8 Å². The number of ether oxygens (including phenoxy) is 2. The Morgan fingerprint density at radius 1 is 1.21 bits per heavy atom. The second-order valence-electron chi connectivity index (χ2n) is 10.1. The van der Waals surface area contributed by atoms with Gasteiger partial charge in [-0.1, -0.05) is 6.07 Å². The summed E-state index contributed by atoms with van der Waals surface area (Å²) in [6.07, 6.45) is -0.330. The molecule has 4 aliphatic rings. The third-order valence-electron chi connectivity index (χ3n) is 8.15. The van der Waals surface area contributed by atoms with E-state index in [0.717, 1.165) is 37.0 Å². The normalized spacial score (nSPS) is 31.6. The van der Waals surface area contributed by atoms with Crippen LogP contribution in [0.1, 0.15) is 55.7 Å². The fourth-order valence-corrected chi connectivity index (χ4v) is 6.60. The van der Waals surface area contributed by atoms with Gasteiger partial charge in [-0.25, -0.2) is 0 Å². The number of amides is 1. The number of nitrogens with zero attached hydrogens (tertiary/aromatic N) is 1. The molecule has 1 aromatic carbocycles. The van der Waals surface area contributed by atoms with E-state index in [1.807, 2.05) is 0 Å². The van der Waals surface area contributed by atoms with Crippen LogP contribution in [0.5, 0.6) is 0 Å². The highest BCUT2D eigenvalue weighted by Crippen LogP contribution is 2.55. The minimum Gasteiger partial charge on any atom is -0.466 e. The second-order valence-corrected chi connectivity index (χ2v) is 10.1. The quantitative estimate of drug-likeness (QED) is 0.669. The van der Waals surface area contributed by atoms with Crippen molar-refractivity contribution in [2.75, 3.05) is 19.8 Å². The molecule has 186 valence electrons. The molecule has 34 heavy (non-hydrogen) atoms. The smallest absolute Gasteiger partial charge is 0.416 e. The molecule has 4 atom stereocenters. The molecule has 5 rings (SSSR count). The fourth-order valence-electron chi connectivity index (χ4n) is 6.60. The van der Waals surface area contributed by atoms with Crippen LogP contribution in [0.2, 0.25) is 0 Å². The molecule has 0 radical (unpaired) electrons. The first-order valence-corrected chi connectivity index (χ1v) is 12.2. The van der Waals surface area contributed by atoms with E-state index in [1.165, 1.54) is 6.07 Å². The van der Waals surface area contributed by atoms with Crippen molar-refractivity contribution in [3.05, 3.63) is 34.9 Å². The first kappa shape index (κ1) is 23.6. The molecule has 1 N–H and O–H groups in total. The van der Waals surface area contributed by atoms with Crippen LogP contribution >= 0.6 is 0 Å². The van der Waals surface area contributed by atoms with E-state index in [-0.39, 0.29) is 31.1 Å². The summed E-state index contributed by atoms with van der Waals surface area (Å²) >= 11 is 0. The maximum Gasteiger partial charge on any atom is 0.416 e. The Bertz CT molecular complexity index is 962. The van der Waals surface area contributed by atoms with Crippen molar-refractivity contribution < 1.29 is 32.2 Å². The lowest BCUT2D eigenvalue weighted by Crippen LogP contribution is -2.44. The van der Waals surface area contributed by atoms with Crippen LogP contribution < -0.4 is 5.32 Å². The molecule has 3 aliphatic heterocycles. The van der Waals surface area contributed by atoms with Gasteiger partial charge >= 0.3 is 12.1 Å². The molecule has 9 heteroatoms. The Labute approximate surface area is 197 Å². The highest BCUT2D eigenvalue weighted by atomic mass is 19.4. The van der Waals surface area contributed by atoms with Crippen molar-refractivity contribution in [2.45, 2.75) is 76.3 Å². The van der Waals surface area contributed by atoms with Gasteiger partial charge in [0.1, 0.15) is 0 Å². The van der Waals surface area contributed by atoms with E-state index in [4.69, 9.17) is 9.47 Å². The van der Waals surface area contributed by atoms with Crippen LogP contribution in [0, 0.1) is 11.3 Å². The maximum atomic E-state index is 13.9. The third kappa shape index (κ3) is 4.00. The first-order chi connectivity index (χ1) is 16.2. The monoisotopic (exact) mass is 480 g/mol. The van der Waals surface area contributed by atoms with Gasteiger partial charge in [0.25, 0.3) is 0 Å². The van der Waals surface area contributed by atoms with Gasteiger partial charge in [-0.3, -0.25) is 9.59 Å². The van der Waals surface area contributed by atoms with E-state index in [1.54, 1.807) is 11.8 Å². The van der Waals surface area contributed by atoms with Crippen LogP contribution in [-0.4, -0.2) is 54.7 Å². The van der Waals surface area contributed by atoms with Crippen LogP contribution in [-0.2, 0) is 38.2 Å². The Morgan fingerprint density at radius 3 is 2.68 bits per heavy atom. The van der Waals surface area contributed by atoms with Crippen molar-refractivity contribution in [3.8, 4) is 0 Å². The number of fused-ring (bicyclic) bond motifs is 2. The summed E-state index contributed by atoms with van der Waals surface area (Å²) in [6.45, 7) is 3.50. The summed E-state index contributed by atoms with van der Waals surface area (Å²) in [5, 5.41) is 3.68. The molecule has 6 nitrogen and oxygen atoms in total. The lowest BCUT2D eigenvalue weighted by atomic mass is 9.72. The maximum absolute atomic E-state index is 13.9. The lowest BCUT2D eigenvalue weighted by molar-refractivity contribution is -0.154. The largest absolute Gasteiger partial charge is 0.466 e. The molecule has 2 unspecified atom stereocenters. The van der Waals surface area contributed by atoms with Crippen molar-refractivity contribution in [1.29, 1.82) is 0 Å². The fraction of sp³-hybridized carbons (Fsp3) is 0.680. The Hall–Kier alpha value is -2.13. The van der Waals surface area contributed by atoms with Gasteiger partial charge in [-0.15, -0.1) is 0 Å². The van der Waals surface area contributed by atoms with Crippen LogP contribution in [0.25, 0.3) is 0 Å². The van der Waals surface area contributed by atoms with Gasteiger partial charge in [0.2, 0.25) is 5.91 Å². The number of halogens is 3. The Morgan fingerprint density at radius 2 is 1.97 bits per heavy atom. The number of nitrogens with one attached hydrogen (secondary N) is 1. The van der Waals surface area contributed by atoms with Gasteiger partial charge in [0, 0.05) is 31.8 Å². The number of carbonyl (C=O) groups is 2. The van der Waals surface area contributed by atoms with Crippen LogP contribution in [0.3, 0.4) is 0 Å². The summed E-state index contributed by atoms with van der Waals surface area (Å²) in [6, 6.07) is 3.79. The molecule has 1 spiro atoms. The highest BCUT2D eigenvalue weighted by molar-refractivity contribution is 5.94. The topological polar surface area (TPSA) is 67.9 Å². The average molecular weight is 481 g/mol. The molecule has 1 aromatic rings. The summed E-state index contributed by atoms with van der Waals surface area (Å²) in [5.41, 5.74) is -0.305. The first-order valence-electron chi connectivity index (χ1n) is 12.2. The molecule has 1 amide bonds. The van der Waals surface area contributed by atoms with Gasteiger partial charge in [0.15, 0.2) is 0 Å². The molecule has 3 heterocycles. The number of alkyl halides is 3. The predicted octanol–water partition coefficient (Wildman–Crippen LogP) is 3.46. The van der Waals surface area contributed by atoms with E-state index >= 15 is 0 Å². The third-order valence-corrected chi connectivity index (χ3v) is 8.15. The lowest BCUT2D eigenvalue weighted by Gasteiger charge is -2.34. The molecule has 1 aliphatic carbocycles. The summed E-state index contributed by atoms with van der Waals surface area (Å²) in [7, 11) is 0. The minimum absolute atomic E-state index is 0.0957. The van der Waals surface area contributed by atoms with Gasteiger partial charge in [0.05, 0.1) is 29.5 Å². The van der Waals surface area contributed by atoms with E-state index in [0.29, 0.717) is 44.1 Å². The summed E-state index contributed by atoms with van der Waals surface area (Å²) < 4.78 is 50.7. The number of carbonyl (C=O) groups excluding carboxylic acids is 2. The molecular weight excluding hydrogens is 449 g/mol. The predicted molar refractivity (Wildman–Crippen MR) is 117 cm³/mol. The molecule has 3 fully saturated rings. The average Bonchev–Trinajstić information content (AvgIpc) is 3.31. The zero-order valence-corrected chi connectivity index (χ0v) is 19.3. The van der Waals surface area contributed by atoms with E-state index in [2.05, 4.69) is 5.32 Å². The highest BCUT2D eigenvalue weighted by Gasteiger charge is 2.65. The Kier molecular flexibility index (Phi) is 6.13. The number of hydrogen-bond donors (Lipinski definition) is 1. The van der Waals surface area contributed by atoms with Gasteiger partial charge in [-0.2, -0.15) is 13.2 Å². The molecule has 0 aromatic heterocycles. The van der Waals surface area contributed by atoms with E-state index < -0.39 is 29.1 Å². The molecule has 1 saturated carbocycles. The second kappa shape index (κ2) is 8.82. The van der Waals surface area contributed by atoms with Crippen molar-refractivity contribution in [2.24, 2.45) is 11.3 Å². The van der Waals surface area contributed by atoms with Crippen LogP contribution in [0.4, 0.5) is 13.2 Å². The molecule has 2 saturated heterocycles. The SMILES string of the molecule is CCOC(=O)C1C2Cc3ccc(C(F)(F)F)cc3CN2C(=O)[C@]12CC[C@@H](NC1CCOCC1)C2. The Balaban J connectivity index is 1.43. The number of esters is 1. The summed E-state index contributed by atoms with van der Waals surface area (Å²) in [5.74, 6) is -1.10. The number of benzene rings is 1. The van der Waals surface area contributed by atoms with Gasteiger partial charge < -0.3 is 19.7 Å². The zero-order valence-electron chi connectivity index (χ0n) is 19.3. The van der Waals surface area contributed by atoms with Crippen molar-refractivity contribution in [3.63, 3.8) is 0 Å². The number of hydrogen-bond acceptors (Lipinski definition) is 5. The molecule has 0 bridgehead atoms. The minimum atomic E-state index is -4.44. The van der Waals surface area contributed by atoms with Crippen molar-refractivity contribution >= 4 is 11.9 Å². The summed E-state index contributed by atoms with van der Waals surface area (Å²) in [4.78, 5) is 28.7. The van der Waals surface area contributed by atoms with Crippen LogP contribution in [0.15, 0.2) is 18.2 Å². The zero-order chi connectivity index (χ0) is 24.1. The van der Waals surface area contributed by atoms with Crippen molar-refractivity contribution in [1.82, 2.24) is 10.2 Å². The van der Waals surface area contributed by atoms with Gasteiger partial charge in [-0.05, 0) is 68.7 Å². The molecular formula is C25H31F3N2O4. The number of rotatable bonds is 4. The standard InChI is InChI=1S/C25H31F3N2O4/c1-2-34-22(31)21-20-12-15-3-4-17(25(26,27)28)11-16(15)14-30(20)23(32)24(21)8-5-19(13-24)29-18-6-9-33-10-7-18/h3-4,11,18-21,29H,2,5-10,12-14H2,1H3/t19-,20?,21?,24+/m1/s1.